The Morgan fingerprint density at radius 2 is 2.21 bits per heavy atom. The fourth-order valence-electron chi connectivity index (χ4n) is 1.38. The van der Waals surface area contributed by atoms with E-state index in [4.69, 9.17) is 0 Å². The van der Waals surface area contributed by atoms with Gasteiger partial charge in [0.2, 0.25) is 0 Å². The number of hydrogen-bond donors (Lipinski definition) is 2. The SMILES string of the molecule is CCCNc1cccnc1S(=O)(=O)NCC(C)SC. The number of hydrogen-bond acceptors (Lipinski definition) is 5. The molecule has 19 heavy (non-hydrogen) atoms. The fourth-order valence-corrected chi connectivity index (χ4v) is 2.97. The molecule has 0 radical (unpaired) electrons. The van der Waals surface area contributed by atoms with Crippen LogP contribution in [-0.4, -0.2) is 38.0 Å². The van der Waals surface area contributed by atoms with Crippen molar-refractivity contribution in [1.82, 2.24) is 9.71 Å². The second kappa shape index (κ2) is 7.72. The highest BCUT2D eigenvalue weighted by Crippen LogP contribution is 2.18. The molecule has 1 atom stereocenters. The summed E-state index contributed by atoms with van der Waals surface area (Å²) in [6.45, 7) is 5.11. The Balaban J connectivity index is 2.88. The van der Waals surface area contributed by atoms with E-state index in [-0.39, 0.29) is 10.3 Å². The Hall–Kier alpha value is -0.790. The largest absolute Gasteiger partial charge is 0.383 e. The third kappa shape index (κ3) is 5.00. The summed E-state index contributed by atoms with van der Waals surface area (Å²) in [4.78, 5) is 3.99. The van der Waals surface area contributed by atoms with E-state index in [1.54, 1.807) is 23.9 Å². The topological polar surface area (TPSA) is 71.1 Å². The van der Waals surface area contributed by atoms with Crippen molar-refractivity contribution in [2.75, 3.05) is 24.7 Å². The third-order valence-electron chi connectivity index (χ3n) is 2.55. The van der Waals surface area contributed by atoms with Gasteiger partial charge >= 0.3 is 0 Å². The van der Waals surface area contributed by atoms with Gasteiger partial charge in [0.25, 0.3) is 10.0 Å². The van der Waals surface area contributed by atoms with E-state index in [0.717, 1.165) is 13.0 Å². The summed E-state index contributed by atoms with van der Waals surface area (Å²) in [5.74, 6) is 0. The molecule has 1 heterocycles. The quantitative estimate of drug-likeness (QED) is 0.768. The Kier molecular flexibility index (Phi) is 6.60. The highest BCUT2D eigenvalue weighted by atomic mass is 32.2. The number of aromatic nitrogens is 1. The molecular weight excluding hydrogens is 282 g/mol. The van der Waals surface area contributed by atoms with E-state index in [2.05, 4.69) is 15.0 Å². The van der Waals surface area contributed by atoms with Gasteiger partial charge in [-0.3, -0.25) is 0 Å². The van der Waals surface area contributed by atoms with Crippen LogP contribution in [0.2, 0.25) is 0 Å². The lowest BCUT2D eigenvalue weighted by Gasteiger charge is -2.13. The van der Waals surface area contributed by atoms with Crippen LogP contribution in [0.5, 0.6) is 0 Å². The first-order chi connectivity index (χ1) is 9.01. The molecular formula is C12H21N3O2S2. The molecule has 0 spiro atoms. The van der Waals surface area contributed by atoms with Gasteiger partial charge in [-0.05, 0) is 24.8 Å². The van der Waals surface area contributed by atoms with Crippen LogP contribution in [-0.2, 0) is 10.0 Å². The Labute approximate surface area is 119 Å². The zero-order chi connectivity index (χ0) is 14.3. The summed E-state index contributed by atoms with van der Waals surface area (Å²) in [6.07, 6.45) is 4.36. The van der Waals surface area contributed by atoms with Crippen molar-refractivity contribution in [3.63, 3.8) is 0 Å². The number of nitrogens with one attached hydrogen (secondary N) is 2. The van der Waals surface area contributed by atoms with Crippen LogP contribution in [0.1, 0.15) is 20.3 Å². The lowest BCUT2D eigenvalue weighted by molar-refractivity contribution is 0.578. The number of rotatable bonds is 8. The highest BCUT2D eigenvalue weighted by molar-refractivity contribution is 7.99. The van der Waals surface area contributed by atoms with Crippen LogP contribution < -0.4 is 10.0 Å². The van der Waals surface area contributed by atoms with Gasteiger partial charge in [-0.2, -0.15) is 11.8 Å². The lowest BCUT2D eigenvalue weighted by Crippen LogP contribution is -2.30. The molecule has 0 fully saturated rings. The normalized spacial score (nSPS) is 13.2. The zero-order valence-electron chi connectivity index (χ0n) is 11.5. The molecule has 108 valence electrons. The van der Waals surface area contributed by atoms with E-state index in [9.17, 15) is 8.42 Å². The van der Waals surface area contributed by atoms with E-state index in [0.29, 0.717) is 12.2 Å². The number of sulfonamides is 1. The summed E-state index contributed by atoms with van der Waals surface area (Å²) >= 11 is 1.62. The summed E-state index contributed by atoms with van der Waals surface area (Å²) in [6, 6.07) is 3.46. The van der Waals surface area contributed by atoms with E-state index < -0.39 is 10.0 Å². The molecule has 5 nitrogen and oxygen atoms in total. The Morgan fingerprint density at radius 1 is 1.47 bits per heavy atom. The molecule has 0 bridgehead atoms. The van der Waals surface area contributed by atoms with Gasteiger partial charge in [0.1, 0.15) is 0 Å². The molecule has 0 aromatic carbocycles. The van der Waals surface area contributed by atoms with Gasteiger partial charge in [0.05, 0.1) is 5.69 Å². The highest BCUT2D eigenvalue weighted by Gasteiger charge is 2.20. The maximum Gasteiger partial charge on any atom is 0.260 e. The first-order valence-corrected chi connectivity index (χ1v) is 8.99. The average molecular weight is 303 g/mol. The summed E-state index contributed by atoms with van der Waals surface area (Å²) in [5, 5.41) is 3.38. The molecule has 1 rings (SSSR count). The number of anilines is 1. The van der Waals surface area contributed by atoms with Crippen LogP contribution in [0, 0.1) is 0 Å². The molecule has 0 aliphatic rings. The maximum absolute atomic E-state index is 12.2. The molecule has 0 saturated carbocycles. The van der Waals surface area contributed by atoms with Gasteiger partial charge in [0.15, 0.2) is 5.03 Å². The molecule has 1 aromatic rings. The fraction of sp³-hybridized carbons (Fsp3) is 0.583. The summed E-state index contributed by atoms with van der Waals surface area (Å²) in [5.41, 5.74) is 0.550. The minimum atomic E-state index is -3.56. The van der Waals surface area contributed by atoms with Crippen molar-refractivity contribution in [2.45, 2.75) is 30.5 Å². The molecule has 1 unspecified atom stereocenters. The van der Waals surface area contributed by atoms with Crippen molar-refractivity contribution in [3.8, 4) is 0 Å². The molecule has 0 aliphatic carbocycles. The van der Waals surface area contributed by atoms with Gasteiger partial charge in [-0.15, -0.1) is 0 Å². The van der Waals surface area contributed by atoms with Gasteiger partial charge in [-0.25, -0.2) is 18.1 Å². The van der Waals surface area contributed by atoms with E-state index in [1.807, 2.05) is 20.1 Å². The minimum Gasteiger partial charge on any atom is -0.383 e. The van der Waals surface area contributed by atoms with Gasteiger partial charge in [0, 0.05) is 24.5 Å². The van der Waals surface area contributed by atoms with Crippen LogP contribution in [0.25, 0.3) is 0 Å². The molecule has 0 saturated heterocycles. The molecule has 2 N–H and O–H groups in total. The molecule has 1 aromatic heterocycles. The first-order valence-electron chi connectivity index (χ1n) is 6.22. The standard InChI is InChI=1S/C12H21N3O2S2/c1-4-7-13-11-6-5-8-14-12(11)19(16,17)15-9-10(2)18-3/h5-6,8,10,13,15H,4,7,9H2,1-3H3. The lowest BCUT2D eigenvalue weighted by atomic mass is 10.4. The van der Waals surface area contributed by atoms with Crippen LogP contribution >= 0.6 is 11.8 Å². The zero-order valence-corrected chi connectivity index (χ0v) is 13.1. The van der Waals surface area contributed by atoms with E-state index in [1.165, 1.54) is 6.20 Å². The first kappa shape index (κ1) is 16.3. The molecule has 7 heteroatoms. The second-order valence-electron chi connectivity index (χ2n) is 4.18. The second-order valence-corrected chi connectivity index (χ2v) is 7.14. The Morgan fingerprint density at radius 3 is 2.84 bits per heavy atom. The van der Waals surface area contributed by atoms with Crippen molar-refractivity contribution < 1.29 is 8.42 Å². The van der Waals surface area contributed by atoms with E-state index >= 15 is 0 Å². The van der Waals surface area contributed by atoms with Crippen molar-refractivity contribution in [1.29, 1.82) is 0 Å². The molecule has 0 aliphatic heterocycles. The smallest absolute Gasteiger partial charge is 0.260 e. The monoisotopic (exact) mass is 303 g/mol. The number of pyridine rings is 1. The van der Waals surface area contributed by atoms with Crippen molar-refractivity contribution >= 4 is 27.5 Å². The number of nitrogens with zero attached hydrogens (tertiary/aromatic N) is 1. The Bertz CT molecular complexity index is 492. The predicted octanol–water partition coefficient (Wildman–Crippen LogP) is 1.93. The van der Waals surface area contributed by atoms with Crippen molar-refractivity contribution in [2.24, 2.45) is 0 Å². The third-order valence-corrected chi connectivity index (χ3v) is 4.91. The summed E-state index contributed by atoms with van der Waals surface area (Å²) < 4.78 is 27.0. The minimum absolute atomic E-state index is 0.0664. The van der Waals surface area contributed by atoms with Crippen molar-refractivity contribution in [3.05, 3.63) is 18.3 Å². The number of thioether (sulfide) groups is 1. The van der Waals surface area contributed by atoms with Gasteiger partial charge < -0.3 is 5.32 Å². The summed E-state index contributed by atoms with van der Waals surface area (Å²) in [7, 11) is -3.56. The van der Waals surface area contributed by atoms with Gasteiger partial charge in [-0.1, -0.05) is 13.8 Å². The molecule has 0 amide bonds. The maximum atomic E-state index is 12.2. The van der Waals surface area contributed by atoms with Crippen LogP contribution in [0.3, 0.4) is 0 Å². The predicted molar refractivity (Wildman–Crippen MR) is 81.2 cm³/mol. The average Bonchev–Trinajstić information content (AvgIpc) is 2.42. The van der Waals surface area contributed by atoms with Crippen LogP contribution in [0.4, 0.5) is 5.69 Å². The van der Waals surface area contributed by atoms with Crippen LogP contribution in [0.15, 0.2) is 23.4 Å².